The molecule has 1 aromatic carbocycles. The minimum atomic E-state index is -0.516. The molecule has 1 rings (SSSR count). The number of methoxy groups -OCH3 is 1. The number of esters is 1. The summed E-state index contributed by atoms with van der Waals surface area (Å²) in [5.41, 5.74) is 0.286. The molecule has 0 spiro atoms. The summed E-state index contributed by atoms with van der Waals surface area (Å²) in [7, 11) is 2.70. The van der Waals surface area contributed by atoms with Crippen molar-refractivity contribution >= 4 is 33.9 Å². The van der Waals surface area contributed by atoms with Gasteiger partial charge in [-0.2, -0.15) is 0 Å². The van der Waals surface area contributed by atoms with E-state index in [0.29, 0.717) is 4.47 Å². The standard InChI is InChI=1S/C13H13BrFNO3/c1-16(8-13(18)19-2)12(17)6-3-9-7-10(14)4-5-11(9)15/h3-7H,8H2,1-2H3/b6-3+. The van der Waals surface area contributed by atoms with Gasteiger partial charge in [-0.05, 0) is 24.3 Å². The molecular weight excluding hydrogens is 317 g/mol. The molecule has 0 aliphatic carbocycles. The van der Waals surface area contributed by atoms with Crippen molar-refractivity contribution < 1.29 is 18.7 Å². The van der Waals surface area contributed by atoms with Crippen LogP contribution in [0.1, 0.15) is 5.56 Å². The number of carbonyl (C=O) groups is 2. The minimum absolute atomic E-state index is 0.152. The van der Waals surface area contributed by atoms with Gasteiger partial charge in [0.05, 0.1) is 7.11 Å². The fourth-order valence-corrected chi connectivity index (χ4v) is 1.65. The predicted octanol–water partition coefficient (Wildman–Crippen LogP) is 2.23. The Morgan fingerprint density at radius 2 is 2.16 bits per heavy atom. The smallest absolute Gasteiger partial charge is 0.325 e. The Hall–Kier alpha value is -1.69. The van der Waals surface area contributed by atoms with Gasteiger partial charge in [-0.25, -0.2) is 4.39 Å². The molecule has 0 radical (unpaired) electrons. The highest BCUT2D eigenvalue weighted by Crippen LogP contribution is 2.16. The summed E-state index contributed by atoms with van der Waals surface area (Å²) in [6, 6.07) is 4.42. The summed E-state index contributed by atoms with van der Waals surface area (Å²) in [4.78, 5) is 23.8. The van der Waals surface area contributed by atoms with E-state index >= 15 is 0 Å². The first-order valence-electron chi connectivity index (χ1n) is 5.39. The molecule has 0 aliphatic heterocycles. The van der Waals surface area contributed by atoms with Crippen molar-refractivity contribution in [1.29, 1.82) is 0 Å². The molecule has 0 bridgehead atoms. The van der Waals surface area contributed by atoms with Gasteiger partial charge in [0.1, 0.15) is 12.4 Å². The van der Waals surface area contributed by atoms with Crippen LogP contribution in [0.5, 0.6) is 0 Å². The Kier molecular flexibility index (Phi) is 5.69. The number of amides is 1. The number of carbonyl (C=O) groups excluding carboxylic acids is 2. The molecule has 0 heterocycles. The van der Waals surface area contributed by atoms with Gasteiger partial charge in [-0.15, -0.1) is 0 Å². The van der Waals surface area contributed by atoms with Crippen LogP contribution in [-0.2, 0) is 14.3 Å². The number of ether oxygens (including phenoxy) is 1. The van der Waals surface area contributed by atoms with Crippen LogP contribution >= 0.6 is 15.9 Å². The molecule has 0 atom stereocenters. The molecular formula is C13H13BrFNO3. The average molecular weight is 330 g/mol. The van der Waals surface area contributed by atoms with Crippen molar-refractivity contribution in [3.63, 3.8) is 0 Å². The van der Waals surface area contributed by atoms with Crippen molar-refractivity contribution in [1.82, 2.24) is 4.90 Å². The number of rotatable bonds is 4. The molecule has 0 fully saturated rings. The third kappa shape index (κ3) is 4.82. The van der Waals surface area contributed by atoms with E-state index < -0.39 is 17.7 Å². The number of hydrogen-bond donors (Lipinski definition) is 0. The van der Waals surface area contributed by atoms with Gasteiger partial charge in [0.2, 0.25) is 5.91 Å². The van der Waals surface area contributed by atoms with E-state index in [4.69, 9.17) is 0 Å². The lowest BCUT2D eigenvalue weighted by Gasteiger charge is -2.12. The SMILES string of the molecule is COC(=O)CN(C)C(=O)/C=C/c1cc(Br)ccc1F. The topological polar surface area (TPSA) is 46.6 Å². The maximum absolute atomic E-state index is 13.4. The van der Waals surface area contributed by atoms with Crippen LogP contribution in [0.3, 0.4) is 0 Å². The maximum Gasteiger partial charge on any atom is 0.325 e. The zero-order chi connectivity index (χ0) is 14.4. The fourth-order valence-electron chi connectivity index (χ4n) is 1.27. The Morgan fingerprint density at radius 1 is 1.47 bits per heavy atom. The lowest BCUT2D eigenvalue weighted by atomic mass is 10.2. The maximum atomic E-state index is 13.4. The monoisotopic (exact) mass is 329 g/mol. The zero-order valence-corrected chi connectivity index (χ0v) is 12.1. The van der Waals surface area contributed by atoms with E-state index in [1.54, 1.807) is 12.1 Å². The Bertz CT molecular complexity index is 517. The molecule has 19 heavy (non-hydrogen) atoms. The number of halogens is 2. The fraction of sp³-hybridized carbons (Fsp3) is 0.231. The first-order chi connectivity index (χ1) is 8.93. The highest BCUT2D eigenvalue weighted by molar-refractivity contribution is 9.10. The third-order valence-electron chi connectivity index (χ3n) is 2.33. The Balaban J connectivity index is 2.73. The summed E-state index contributed by atoms with van der Waals surface area (Å²) < 4.78 is 18.6. The largest absolute Gasteiger partial charge is 0.468 e. The van der Waals surface area contributed by atoms with Crippen molar-refractivity contribution in [2.24, 2.45) is 0 Å². The lowest BCUT2D eigenvalue weighted by Crippen LogP contribution is -2.31. The van der Waals surface area contributed by atoms with Crippen molar-refractivity contribution in [2.75, 3.05) is 20.7 Å². The van der Waals surface area contributed by atoms with Gasteiger partial charge in [0.25, 0.3) is 0 Å². The zero-order valence-electron chi connectivity index (χ0n) is 10.5. The highest BCUT2D eigenvalue weighted by Gasteiger charge is 2.10. The Morgan fingerprint density at radius 3 is 2.79 bits per heavy atom. The van der Waals surface area contributed by atoms with Gasteiger partial charge >= 0.3 is 5.97 Å². The van der Waals surface area contributed by atoms with E-state index in [9.17, 15) is 14.0 Å². The first kappa shape index (κ1) is 15.4. The van der Waals surface area contributed by atoms with E-state index in [1.807, 2.05) is 0 Å². The molecule has 0 aliphatic rings. The second-order valence-corrected chi connectivity index (χ2v) is 4.69. The van der Waals surface area contributed by atoms with E-state index in [0.717, 1.165) is 0 Å². The van der Waals surface area contributed by atoms with Crippen molar-refractivity contribution in [2.45, 2.75) is 0 Å². The third-order valence-corrected chi connectivity index (χ3v) is 2.83. The van der Waals surface area contributed by atoms with E-state index in [2.05, 4.69) is 20.7 Å². The molecule has 1 aromatic rings. The van der Waals surface area contributed by atoms with Crippen LogP contribution < -0.4 is 0 Å². The normalized spacial score (nSPS) is 10.5. The number of hydrogen-bond acceptors (Lipinski definition) is 3. The minimum Gasteiger partial charge on any atom is -0.468 e. The van der Waals surface area contributed by atoms with Gasteiger partial charge in [-0.3, -0.25) is 9.59 Å². The van der Waals surface area contributed by atoms with Crippen LogP contribution in [0, 0.1) is 5.82 Å². The molecule has 0 saturated heterocycles. The number of likely N-dealkylation sites (N-methyl/N-ethyl adjacent to an activating group) is 1. The number of benzene rings is 1. The summed E-state index contributed by atoms with van der Waals surface area (Å²) in [5.74, 6) is -1.36. The van der Waals surface area contributed by atoms with Crippen LogP contribution in [0.25, 0.3) is 6.08 Å². The van der Waals surface area contributed by atoms with Gasteiger partial charge in [-0.1, -0.05) is 15.9 Å². The second kappa shape index (κ2) is 7.04. The lowest BCUT2D eigenvalue weighted by molar-refractivity contribution is -0.144. The van der Waals surface area contributed by atoms with Crippen LogP contribution in [0.15, 0.2) is 28.7 Å². The van der Waals surface area contributed by atoms with Crippen molar-refractivity contribution in [3.8, 4) is 0 Å². The van der Waals surface area contributed by atoms with Crippen LogP contribution in [-0.4, -0.2) is 37.5 Å². The van der Waals surface area contributed by atoms with Crippen molar-refractivity contribution in [3.05, 3.63) is 40.1 Å². The van der Waals surface area contributed by atoms with Gasteiger partial charge < -0.3 is 9.64 Å². The summed E-state index contributed by atoms with van der Waals surface area (Å²) >= 11 is 3.22. The Labute approximate surface area is 119 Å². The summed E-state index contributed by atoms with van der Waals surface area (Å²) in [6.07, 6.45) is 2.56. The van der Waals surface area contributed by atoms with Gasteiger partial charge in [0, 0.05) is 23.2 Å². The first-order valence-corrected chi connectivity index (χ1v) is 6.18. The molecule has 102 valence electrons. The highest BCUT2D eigenvalue weighted by atomic mass is 79.9. The molecule has 0 saturated carbocycles. The molecule has 0 aromatic heterocycles. The summed E-state index contributed by atoms with van der Waals surface area (Å²) in [5, 5.41) is 0. The molecule has 6 heteroatoms. The van der Waals surface area contributed by atoms with E-state index in [-0.39, 0.29) is 12.1 Å². The molecule has 1 amide bonds. The average Bonchev–Trinajstić information content (AvgIpc) is 2.39. The van der Waals surface area contributed by atoms with E-state index in [1.165, 1.54) is 37.3 Å². The molecule has 4 nitrogen and oxygen atoms in total. The molecule has 0 N–H and O–H groups in total. The quantitative estimate of drug-likeness (QED) is 0.628. The second-order valence-electron chi connectivity index (χ2n) is 3.77. The van der Waals surface area contributed by atoms with Gasteiger partial charge in [0.15, 0.2) is 0 Å². The predicted molar refractivity (Wildman–Crippen MR) is 72.8 cm³/mol. The summed E-state index contributed by atoms with van der Waals surface area (Å²) in [6.45, 7) is -0.152. The number of nitrogens with zero attached hydrogens (tertiary/aromatic N) is 1. The van der Waals surface area contributed by atoms with Crippen LogP contribution in [0.2, 0.25) is 0 Å². The molecule has 0 unspecified atom stereocenters. The van der Waals surface area contributed by atoms with Crippen LogP contribution in [0.4, 0.5) is 4.39 Å².